The number of aliphatic hydroxyl groups is 1. The van der Waals surface area contributed by atoms with Gasteiger partial charge in [0.15, 0.2) is 17.2 Å². The molecule has 6 fully saturated rings. The van der Waals surface area contributed by atoms with Crippen LogP contribution in [0.3, 0.4) is 0 Å². The van der Waals surface area contributed by atoms with Crippen LogP contribution in [-0.4, -0.2) is 98.8 Å². The number of fused-ring (bicyclic) bond motifs is 3. The molecule has 60 heavy (non-hydrogen) atoms. The van der Waals surface area contributed by atoms with Gasteiger partial charge in [0, 0.05) is 36.9 Å². The number of aliphatic hydroxyl groups excluding tert-OH is 1. The van der Waals surface area contributed by atoms with E-state index in [1.165, 1.54) is 0 Å². The maximum absolute atomic E-state index is 15.4. The third-order valence-corrected chi connectivity index (χ3v) is 16.3. The second kappa shape index (κ2) is 19.8. The minimum Gasteiger partial charge on any atom is -0.463 e. The van der Waals surface area contributed by atoms with Crippen LogP contribution >= 0.6 is 0 Å². The van der Waals surface area contributed by atoms with Crippen LogP contribution in [0.4, 0.5) is 0 Å². The number of Topliss-reactive ketones (excluding diaryl/α,β-unsaturated/α-hetero) is 2. The molecule has 8 N–H and O–H groups in total. The Morgan fingerprint density at radius 2 is 1.85 bits per heavy atom. The van der Waals surface area contributed by atoms with Crippen molar-refractivity contribution < 1.29 is 29.0 Å². The monoisotopic (exact) mass is 837 g/mol. The van der Waals surface area contributed by atoms with Crippen molar-refractivity contribution in [3.63, 3.8) is 0 Å². The molecule has 0 aromatic carbocycles. The number of allylic oxidation sites excluding steroid dienone is 3. The Labute approximate surface area is 360 Å². The Morgan fingerprint density at radius 1 is 1.02 bits per heavy atom. The zero-order valence-electron chi connectivity index (χ0n) is 37.6. The number of epoxide rings is 1. The molecule has 338 valence electrons. The molecule has 0 bridgehead atoms. The number of nitrogens with two attached hydrogens (primary N) is 1. The van der Waals surface area contributed by atoms with Crippen molar-refractivity contribution in [1.82, 2.24) is 26.6 Å². The number of carbonyl (C=O) groups excluding carboxylic acids is 3. The summed E-state index contributed by atoms with van der Waals surface area (Å²) in [6, 6.07) is 0.197. The molecule has 0 aromatic heterocycles. The minimum atomic E-state index is -1.98. The predicted octanol–water partition coefficient (Wildman–Crippen LogP) is 4.85. The molecule has 3 saturated carbocycles. The molecule has 12 nitrogen and oxygen atoms in total. The summed E-state index contributed by atoms with van der Waals surface area (Å²) in [7, 11) is 1.93. The number of esters is 1. The summed E-state index contributed by atoms with van der Waals surface area (Å²) >= 11 is 0. The summed E-state index contributed by atoms with van der Waals surface area (Å²) in [5.41, 5.74) is 4.18. The Kier molecular flexibility index (Phi) is 15.2. The lowest BCUT2D eigenvalue weighted by molar-refractivity contribution is -0.161. The lowest BCUT2D eigenvalue weighted by Gasteiger charge is -2.45. The van der Waals surface area contributed by atoms with E-state index in [1.54, 1.807) is 0 Å². The molecule has 0 radical (unpaired) electrons. The maximum atomic E-state index is 15.4. The van der Waals surface area contributed by atoms with E-state index in [9.17, 15) is 9.90 Å². The molecule has 0 amide bonds. The van der Waals surface area contributed by atoms with Gasteiger partial charge in [0.1, 0.15) is 0 Å². The number of hydrogen-bond acceptors (Lipinski definition) is 12. The van der Waals surface area contributed by atoms with Crippen molar-refractivity contribution in [3.05, 3.63) is 23.3 Å². The summed E-state index contributed by atoms with van der Waals surface area (Å²) in [6.45, 7) is 12.1. The molecular weight excluding hydrogens is 757 g/mol. The summed E-state index contributed by atoms with van der Waals surface area (Å²) in [6.07, 6.45) is 19.2. The third-order valence-electron chi connectivity index (χ3n) is 16.3. The van der Waals surface area contributed by atoms with Crippen LogP contribution in [0.2, 0.25) is 0 Å². The van der Waals surface area contributed by atoms with Gasteiger partial charge in [-0.2, -0.15) is 0 Å². The van der Waals surface area contributed by atoms with E-state index in [0.717, 1.165) is 122 Å². The van der Waals surface area contributed by atoms with Crippen LogP contribution in [0.15, 0.2) is 23.3 Å². The zero-order chi connectivity index (χ0) is 42.7. The number of carbonyl (C=O) groups is 3. The van der Waals surface area contributed by atoms with Gasteiger partial charge in [-0.15, -0.1) is 0 Å². The van der Waals surface area contributed by atoms with Crippen LogP contribution < -0.4 is 32.3 Å². The molecule has 0 aromatic rings. The summed E-state index contributed by atoms with van der Waals surface area (Å²) in [5, 5.41) is 28.3. The molecule has 3 aliphatic heterocycles. The van der Waals surface area contributed by atoms with Gasteiger partial charge in [0.2, 0.25) is 0 Å². The standard InChI is InChI=1S/C48H80N6O6/c1-6-51-39-22-34-11-8-7-10-33(34)21-36(39)28-59-45(58)48-44(57)42-35(24-46(3,4)23-32-16-17-40(49)53-26-32)12-9-13-38(42)43(56)47(48,60-48)25-37(27-55)30(2)14-15-31-18-19-52-41(20-31)54-29-50-5/h8,11,31-36,38-42,50-55H,6-7,9-10,12-29,49H2,1-5H3. The van der Waals surface area contributed by atoms with Gasteiger partial charge in [-0.05, 0) is 164 Å². The Balaban J connectivity index is 1.12. The SMILES string of the molecule is CCNC1CC2C=CCCC2CC1COC(=O)C12OC1(CC(CO)=C(C)CCC1CCNC(NCNC)C1)C(=O)C1CCCC(CC(C)(C)CC3CCC(N)NC3)C1C2=O. The molecule has 7 rings (SSSR count). The highest BCUT2D eigenvalue weighted by atomic mass is 16.7. The van der Waals surface area contributed by atoms with Gasteiger partial charge in [0.25, 0.3) is 5.60 Å². The largest absolute Gasteiger partial charge is 0.463 e. The second-order valence-electron chi connectivity index (χ2n) is 21.0. The van der Waals surface area contributed by atoms with Gasteiger partial charge in [0.05, 0.1) is 25.5 Å². The number of piperidine rings is 2. The topological polar surface area (TPSA) is 179 Å². The molecule has 0 spiro atoms. The van der Waals surface area contributed by atoms with Crippen LogP contribution in [-0.2, 0) is 23.9 Å². The van der Waals surface area contributed by atoms with Crippen LogP contribution in [0.1, 0.15) is 130 Å². The lowest BCUT2D eigenvalue weighted by atomic mass is 9.55. The lowest BCUT2D eigenvalue weighted by Crippen LogP contribution is -2.60. The van der Waals surface area contributed by atoms with Gasteiger partial charge in [-0.3, -0.25) is 14.9 Å². The quantitative estimate of drug-likeness (QED) is 0.0329. The molecule has 12 heteroatoms. The number of nitrogens with one attached hydrogen (secondary N) is 5. The first kappa shape index (κ1) is 46.0. The Morgan fingerprint density at radius 3 is 2.60 bits per heavy atom. The highest BCUT2D eigenvalue weighted by Crippen LogP contribution is 2.64. The van der Waals surface area contributed by atoms with Gasteiger partial charge in [-0.1, -0.05) is 44.9 Å². The number of ketones is 2. The molecular formula is C48H80N6O6. The van der Waals surface area contributed by atoms with Crippen LogP contribution in [0.25, 0.3) is 0 Å². The highest BCUT2D eigenvalue weighted by molar-refractivity contribution is 6.23. The van der Waals surface area contributed by atoms with Crippen molar-refractivity contribution >= 4 is 17.5 Å². The molecule has 7 aliphatic rings. The van der Waals surface area contributed by atoms with E-state index >= 15 is 9.59 Å². The Bertz CT molecular complexity index is 1580. The third kappa shape index (κ3) is 9.71. The van der Waals surface area contributed by atoms with Crippen LogP contribution in [0, 0.1) is 52.8 Å². The van der Waals surface area contributed by atoms with Gasteiger partial charge in [-0.25, -0.2) is 4.79 Å². The van der Waals surface area contributed by atoms with Crippen molar-refractivity contribution in [3.8, 4) is 0 Å². The first-order chi connectivity index (χ1) is 28.8. The van der Waals surface area contributed by atoms with E-state index in [0.29, 0.717) is 35.7 Å². The first-order valence-electron chi connectivity index (χ1n) is 24.1. The van der Waals surface area contributed by atoms with Crippen molar-refractivity contribution in [2.24, 2.45) is 58.5 Å². The fourth-order valence-electron chi connectivity index (χ4n) is 13.1. The van der Waals surface area contributed by atoms with Crippen molar-refractivity contribution in [2.75, 3.05) is 46.6 Å². The molecule has 3 saturated heterocycles. The highest BCUT2D eigenvalue weighted by Gasteiger charge is 2.87. The molecule has 3 heterocycles. The molecule has 4 aliphatic carbocycles. The fourth-order valence-corrected chi connectivity index (χ4v) is 13.1. The number of rotatable bonds is 18. The molecule has 13 atom stereocenters. The average molecular weight is 837 g/mol. The number of ether oxygens (including phenoxy) is 2. The number of hydrogen-bond donors (Lipinski definition) is 7. The Hall–Kier alpha value is -2.03. The first-order valence-corrected chi connectivity index (χ1v) is 24.1. The van der Waals surface area contributed by atoms with Crippen molar-refractivity contribution in [2.45, 2.75) is 160 Å². The summed E-state index contributed by atoms with van der Waals surface area (Å²) < 4.78 is 12.9. The summed E-state index contributed by atoms with van der Waals surface area (Å²) in [4.78, 5) is 45.5. The van der Waals surface area contributed by atoms with E-state index in [1.807, 2.05) is 14.0 Å². The minimum absolute atomic E-state index is 0.0281. The zero-order valence-corrected chi connectivity index (χ0v) is 37.6. The van der Waals surface area contributed by atoms with Crippen molar-refractivity contribution in [1.29, 1.82) is 0 Å². The van der Waals surface area contributed by atoms with Gasteiger partial charge < -0.3 is 41.6 Å². The van der Waals surface area contributed by atoms with E-state index in [-0.39, 0.29) is 66.8 Å². The smallest absolute Gasteiger partial charge is 0.350 e. The van der Waals surface area contributed by atoms with Crippen LogP contribution in [0.5, 0.6) is 0 Å². The predicted molar refractivity (Wildman–Crippen MR) is 234 cm³/mol. The second-order valence-corrected chi connectivity index (χ2v) is 21.0. The fraction of sp³-hybridized carbons (Fsp3) is 0.854. The molecule has 13 unspecified atom stereocenters. The van der Waals surface area contributed by atoms with E-state index in [2.05, 4.69) is 59.5 Å². The maximum Gasteiger partial charge on any atom is 0.350 e. The van der Waals surface area contributed by atoms with E-state index < -0.39 is 29.0 Å². The van der Waals surface area contributed by atoms with Gasteiger partial charge >= 0.3 is 5.97 Å². The average Bonchev–Trinajstić information content (AvgIpc) is 3.94. The normalized spacial score (nSPS) is 39.6. The van der Waals surface area contributed by atoms with E-state index in [4.69, 9.17) is 15.2 Å². The summed E-state index contributed by atoms with van der Waals surface area (Å²) in [5.74, 6) is 0.00924.